The van der Waals surface area contributed by atoms with Crippen LogP contribution in [0.1, 0.15) is 0 Å². The highest BCUT2D eigenvalue weighted by Gasteiger charge is 2.08. The Morgan fingerprint density at radius 2 is 2.23 bits per heavy atom. The summed E-state index contributed by atoms with van der Waals surface area (Å²) in [6, 6.07) is 3.74. The number of hydrogen-bond donors (Lipinski definition) is 0. The van der Waals surface area contributed by atoms with Crippen LogP contribution >= 0.6 is 38.9 Å². The zero-order chi connectivity index (χ0) is 9.26. The second-order valence-electron chi connectivity index (χ2n) is 2.19. The Labute approximate surface area is 91.9 Å². The molecule has 0 saturated heterocycles. The maximum atomic E-state index is 5.66. The molecule has 0 N–H and O–H groups in total. The molecule has 66 valence electrons. The zero-order valence-corrected chi connectivity index (χ0v) is 9.40. The normalized spacial score (nSPS) is 10.3. The van der Waals surface area contributed by atoms with Crippen molar-refractivity contribution in [3.63, 3.8) is 0 Å². The van der Waals surface area contributed by atoms with E-state index < -0.39 is 0 Å². The van der Waals surface area contributed by atoms with Crippen molar-refractivity contribution in [2.45, 2.75) is 0 Å². The van der Waals surface area contributed by atoms with Crippen molar-refractivity contribution in [2.75, 3.05) is 0 Å². The molecule has 0 saturated carbocycles. The molecule has 0 aromatic carbocycles. The average Bonchev–Trinajstić information content (AvgIpc) is 2.53. The summed E-state index contributed by atoms with van der Waals surface area (Å²) in [6.45, 7) is 0. The summed E-state index contributed by atoms with van der Waals surface area (Å²) in [4.78, 5) is 4.16. The van der Waals surface area contributed by atoms with Crippen LogP contribution in [0.2, 0.25) is 4.47 Å². The van der Waals surface area contributed by atoms with Crippen molar-refractivity contribution in [1.82, 2.24) is 15.2 Å². The lowest BCUT2D eigenvalue weighted by Crippen LogP contribution is -1.82. The van der Waals surface area contributed by atoms with Crippen molar-refractivity contribution < 1.29 is 0 Å². The van der Waals surface area contributed by atoms with Gasteiger partial charge in [-0.25, -0.2) is 0 Å². The van der Waals surface area contributed by atoms with Gasteiger partial charge in [0.05, 0.1) is 0 Å². The molecule has 2 aromatic rings. The number of halogens is 2. The molecule has 0 radical (unpaired) electrons. The molecule has 0 atom stereocenters. The first kappa shape index (κ1) is 9.05. The van der Waals surface area contributed by atoms with Gasteiger partial charge in [0.1, 0.15) is 5.69 Å². The molecule has 0 aliphatic heterocycles. The highest BCUT2D eigenvalue weighted by atomic mass is 79.9. The van der Waals surface area contributed by atoms with Crippen LogP contribution in [0.4, 0.5) is 0 Å². The molecule has 0 aliphatic rings. The van der Waals surface area contributed by atoms with Gasteiger partial charge in [-0.2, -0.15) is 0 Å². The number of aromatic nitrogens is 3. The number of rotatable bonds is 1. The first-order chi connectivity index (χ1) is 6.27. The monoisotopic (exact) mass is 275 g/mol. The fourth-order valence-corrected chi connectivity index (χ4v) is 2.26. The van der Waals surface area contributed by atoms with Gasteiger partial charge in [0, 0.05) is 10.7 Å². The molecule has 0 unspecified atom stereocenters. The predicted molar refractivity (Wildman–Crippen MR) is 55.9 cm³/mol. The second-order valence-corrected chi connectivity index (χ2v) is 4.61. The Morgan fingerprint density at radius 3 is 2.85 bits per heavy atom. The smallest absolute Gasteiger partial charge is 0.207 e. The topological polar surface area (TPSA) is 38.7 Å². The fraction of sp³-hybridized carbons (Fsp3) is 0. The molecule has 2 heterocycles. The van der Waals surface area contributed by atoms with Gasteiger partial charge < -0.3 is 0 Å². The minimum Gasteiger partial charge on any atom is -0.252 e. The molecule has 2 rings (SSSR count). The van der Waals surface area contributed by atoms with E-state index in [-0.39, 0.29) is 0 Å². The summed E-state index contributed by atoms with van der Waals surface area (Å²) in [6.07, 6.45) is 1.70. The lowest BCUT2D eigenvalue weighted by atomic mass is 10.4. The Bertz CT molecular complexity index is 431. The summed E-state index contributed by atoms with van der Waals surface area (Å²) in [7, 11) is 0. The SMILES string of the molecule is Clc1nnc(-c2ncccc2Br)s1. The van der Waals surface area contributed by atoms with E-state index in [0.717, 1.165) is 15.2 Å². The number of pyridine rings is 1. The Morgan fingerprint density at radius 1 is 1.38 bits per heavy atom. The Hall–Kier alpha value is -0.520. The lowest BCUT2D eigenvalue weighted by molar-refractivity contribution is 1.08. The van der Waals surface area contributed by atoms with E-state index in [0.29, 0.717) is 4.47 Å². The molecule has 0 aliphatic carbocycles. The van der Waals surface area contributed by atoms with E-state index in [9.17, 15) is 0 Å². The summed E-state index contributed by atoms with van der Waals surface area (Å²) in [5.41, 5.74) is 0.770. The number of hydrogen-bond acceptors (Lipinski definition) is 4. The van der Waals surface area contributed by atoms with Crippen molar-refractivity contribution >= 4 is 38.9 Å². The fourth-order valence-electron chi connectivity index (χ4n) is 0.844. The van der Waals surface area contributed by atoms with Crippen LogP contribution < -0.4 is 0 Å². The third kappa shape index (κ3) is 1.87. The van der Waals surface area contributed by atoms with Crippen LogP contribution in [-0.4, -0.2) is 15.2 Å². The van der Waals surface area contributed by atoms with Crippen LogP contribution in [0.15, 0.2) is 22.8 Å². The first-order valence-electron chi connectivity index (χ1n) is 3.37. The minimum atomic E-state index is 0.424. The molecule has 0 bridgehead atoms. The Kier molecular flexibility index (Phi) is 2.57. The van der Waals surface area contributed by atoms with Gasteiger partial charge in [-0.05, 0) is 39.7 Å². The largest absolute Gasteiger partial charge is 0.252 e. The quantitative estimate of drug-likeness (QED) is 0.803. The first-order valence-corrected chi connectivity index (χ1v) is 5.36. The van der Waals surface area contributed by atoms with Gasteiger partial charge in [-0.3, -0.25) is 4.98 Å². The van der Waals surface area contributed by atoms with E-state index >= 15 is 0 Å². The summed E-state index contributed by atoms with van der Waals surface area (Å²) < 4.78 is 1.32. The maximum Gasteiger partial charge on any atom is 0.207 e. The molecular weight excluding hydrogens is 274 g/mol. The van der Waals surface area contributed by atoms with Crippen LogP contribution in [0.3, 0.4) is 0 Å². The van der Waals surface area contributed by atoms with Crippen molar-refractivity contribution in [2.24, 2.45) is 0 Å². The van der Waals surface area contributed by atoms with Gasteiger partial charge in [0.15, 0.2) is 5.01 Å². The van der Waals surface area contributed by atoms with Crippen molar-refractivity contribution in [3.8, 4) is 10.7 Å². The summed E-state index contributed by atoms with van der Waals surface area (Å²) >= 11 is 10.3. The van der Waals surface area contributed by atoms with E-state index in [1.807, 2.05) is 12.1 Å². The van der Waals surface area contributed by atoms with Crippen molar-refractivity contribution in [3.05, 3.63) is 27.3 Å². The molecule has 3 nitrogen and oxygen atoms in total. The third-order valence-electron chi connectivity index (χ3n) is 1.36. The van der Waals surface area contributed by atoms with Gasteiger partial charge in [0.25, 0.3) is 0 Å². The minimum absolute atomic E-state index is 0.424. The number of nitrogens with zero attached hydrogens (tertiary/aromatic N) is 3. The molecule has 0 spiro atoms. The second kappa shape index (κ2) is 3.69. The van der Waals surface area contributed by atoms with Crippen LogP contribution in [-0.2, 0) is 0 Å². The van der Waals surface area contributed by atoms with Crippen LogP contribution in [0, 0.1) is 0 Å². The van der Waals surface area contributed by atoms with Gasteiger partial charge in [-0.1, -0.05) is 11.3 Å². The predicted octanol–water partition coefficient (Wildman–Crippen LogP) is 3.02. The molecule has 13 heavy (non-hydrogen) atoms. The third-order valence-corrected chi connectivity index (χ3v) is 3.03. The molecule has 2 aromatic heterocycles. The van der Waals surface area contributed by atoms with Crippen LogP contribution in [0.25, 0.3) is 10.7 Å². The van der Waals surface area contributed by atoms with Gasteiger partial charge in [-0.15, -0.1) is 10.2 Å². The van der Waals surface area contributed by atoms with E-state index in [4.69, 9.17) is 11.6 Å². The molecule has 0 fully saturated rings. The molecular formula is C7H3BrClN3S. The highest BCUT2D eigenvalue weighted by molar-refractivity contribution is 9.10. The van der Waals surface area contributed by atoms with Crippen LogP contribution in [0.5, 0.6) is 0 Å². The summed E-state index contributed by atoms with van der Waals surface area (Å²) in [5, 5.41) is 8.32. The van der Waals surface area contributed by atoms with Gasteiger partial charge in [0.2, 0.25) is 4.47 Å². The van der Waals surface area contributed by atoms with E-state index in [1.165, 1.54) is 11.3 Å². The molecule has 6 heteroatoms. The Balaban J connectivity index is 2.52. The standard InChI is InChI=1S/C7H3BrClN3S/c8-4-2-1-3-10-5(4)6-11-12-7(9)13-6/h1-3H. The van der Waals surface area contributed by atoms with E-state index in [2.05, 4.69) is 31.1 Å². The van der Waals surface area contributed by atoms with E-state index in [1.54, 1.807) is 6.20 Å². The molecule has 0 amide bonds. The average molecular weight is 277 g/mol. The highest BCUT2D eigenvalue weighted by Crippen LogP contribution is 2.29. The summed E-state index contributed by atoms with van der Waals surface area (Å²) in [5.74, 6) is 0. The van der Waals surface area contributed by atoms with Crippen molar-refractivity contribution in [1.29, 1.82) is 0 Å². The zero-order valence-electron chi connectivity index (χ0n) is 6.24. The lowest BCUT2D eigenvalue weighted by Gasteiger charge is -1.95. The maximum absolute atomic E-state index is 5.66. The van der Waals surface area contributed by atoms with Gasteiger partial charge >= 0.3 is 0 Å².